The van der Waals surface area contributed by atoms with Crippen LogP contribution in [0.15, 0.2) is 84.9 Å². The molecule has 3 aromatic rings. The number of amides is 2. The van der Waals surface area contributed by atoms with Crippen LogP contribution in [0, 0.1) is 0 Å². The summed E-state index contributed by atoms with van der Waals surface area (Å²) in [5.41, 5.74) is 0. The molecular formula is C27H24NO6P. The highest BCUT2D eigenvalue weighted by atomic mass is 31.1. The molecule has 35 heavy (non-hydrogen) atoms. The maximum atomic E-state index is 12.6. The van der Waals surface area contributed by atoms with Gasteiger partial charge in [0.1, 0.15) is 5.75 Å². The number of hydroxylamine groups is 2. The van der Waals surface area contributed by atoms with Crippen molar-refractivity contribution < 1.29 is 28.8 Å². The molecule has 0 saturated carbocycles. The summed E-state index contributed by atoms with van der Waals surface area (Å²) in [6, 6.07) is 27.6. The molecule has 0 bridgehead atoms. The standard InChI is InChI=1S/C27H24NO6P/c29-24-18-19-25(30)28(24)34-27(32)17-9-16-26(31)33-22-14-7-8-15-23(22)35(20-10-3-1-4-11-20)21-12-5-2-6-13-21/h1-8,10-15H,9,16-19H2. The minimum absolute atomic E-state index is 0.0140. The predicted octanol–water partition coefficient (Wildman–Crippen LogP) is 3.13. The van der Waals surface area contributed by atoms with E-state index in [1.807, 2.05) is 54.6 Å². The second kappa shape index (κ2) is 11.5. The Morgan fingerprint density at radius 2 is 1.23 bits per heavy atom. The minimum Gasteiger partial charge on any atom is -0.426 e. The van der Waals surface area contributed by atoms with Crippen LogP contribution in [0.1, 0.15) is 32.1 Å². The van der Waals surface area contributed by atoms with E-state index in [0.29, 0.717) is 10.8 Å². The lowest BCUT2D eigenvalue weighted by atomic mass is 10.2. The maximum Gasteiger partial charge on any atom is 0.333 e. The van der Waals surface area contributed by atoms with Gasteiger partial charge in [-0.25, -0.2) is 4.79 Å². The lowest BCUT2D eigenvalue weighted by Crippen LogP contribution is -2.32. The molecule has 0 aliphatic carbocycles. The molecule has 0 aromatic heterocycles. The van der Waals surface area contributed by atoms with Gasteiger partial charge in [-0.1, -0.05) is 78.9 Å². The van der Waals surface area contributed by atoms with Crippen LogP contribution in [-0.2, 0) is 24.0 Å². The first kappa shape index (κ1) is 24.3. The number of benzene rings is 3. The first-order chi connectivity index (χ1) is 17.0. The van der Waals surface area contributed by atoms with Gasteiger partial charge in [0.15, 0.2) is 0 Å². The largest absolute Gasteiger partial charge is 0.426 e. The van der Waals surface area contributed by atoms with Gasteiger partial charge in [-0.15, -0.1) is 5.06 Å². The highest BCUT2D eigenvalue weighted by molar-refractivity contribution is 7.80. The molecule has 0 radical (unpaired) electrons. The van der Waals surface area contributed by atoms with Gasteiger partial charge in [0.2, 0.25) is 0 Å². The smallest absolute Gasteiger partial charge is 0.333 e. The van der Waals surface area contributed by atoms with E-state index in [1.54, 1.807) is 6.07 Å². The molecule has 7 nitrogen and oxygen atoms in total. The SMILES string of the molecule is O=C(CCCC(=O)ON1C(=O)CCC1=O)Oc1ccccc1P(c1ccccc1)c1ccccc1. The van der Waals surface area contributed by atoms with E-state index in [9.17, 15) is 19.2 Å². The summed E-state index contributed by atoms with van der Waals surface area (Å²) in [7, 11) is -0.958. The van der Waals surface area contributed by atoms with E-state index in [1.165, 1.54) is 0 Å². The number of carbonyl (C=O) groups excluding carboxylic acids is 4. The third-order valence-corrected chi connectivity index (χ3v) is 7.80. The maximum absolute atomic E-state index is 12.6. The Balaban J connectivity index is 1.42. The van der Waals surface area contributed by atoms with Crippen LogP contribution in [0.2, 0.25) is 0 Å². The van der Waals surface area contributed by atoms with Crippen LogP contribution >= 0.6 is 7.92 Å². The summed E-state index contributed by atoms with van der Waals surface area (Å²) < 4.78 is 5.73. The number of hydrogen-bond acceptors (Lipinski definition) is 6. The topological polar surface area (TPSA) is 90.0 Å². The normalized spacial score (nSPS) is 13.2. The minimum atomic E-state index is -0.958. The van der Waals surface area contributed by atoms with Crippen molar-refractivity contribution in [2.24, 2.45) is 0 Å². The van der Waals surface area contributed by atoms with Crippen molar-refractivity contribution in [3.05, 3.63) is 84.9 Å². The summed E-state index contributed by atoms with van der Waals surface area (Å²) in [4.78, 5) is 52.5. The van der Waals surface area contributed by atoms with Crippen LogP contribution in [-0.4, -0.2) is 28.8 Å². The molecule has 3 aromatic carbocycles. The van der Waals surface area contributed by atoms with Crippen molar-refractivity contribution in [3.8, 4) is 5.75 Å². The van der Waals surface area contributed by atoms with E-state index < -0.39 is 31.7 Å². The van der Waals surface area contributed by atoms with E-state index >= 15 is 0 Å². The first-order valence-corrected chi connectivity index (χ1v) is 12.6. The van der Waals surface area contributed by atoms with Gasteiger partial charge in [0, 0.05) is 31.0 Å². The van der Waals surface area contributed by atoms with Crippen molar-refractivity contribution >= 4 is 47.6 Å². The second-order valence-corrected chi connectivity index (χ2v) is 10.0. The number of hydrogen-bond donors (Lipinski definition) is 0. The molecule has 0 N–H and O–H groups in total. The summed E-state index contributed by atoms with van der Waals surface area (Å²) >= 11 is 0. The third kappa shape index (κ3) is 6.19. The van der Waals surface area contributed by atoms with Crippen molar-refractivity contribution in [3.63, 3.8) is 0 Å². The van der Waals surface area contributed by atoms with Crippen LogP contribution in [0.3, 0.4) is 0 Å². The molecule has 0 atom stereocenters. The zero-order chi connectivity index (χ0) is 24.6. The average molecular weight is 489 g/mol. The molecule has 1 aliphatic rings. The summed E-state index contributed by atoms with van der Waals surface area (Å²) in [5.74, 6) is -1.80. The fourth-order valence-corrected chi connectivity index (χ4v) is 6.04. The van der Waals surface area contributed by atoms with Gasteiger partial charge in [0.25, 0.3) is 11.8 Å². The quantitative estimate of drug-likeness (QED) is 0.199. The van der Waals surface area contributed by atoms with Crippen LogP contribution in [0.4, 0.5) is 0 Å². The summed E-state index contributed by atoms with van der Waals surface area (Å²) in [6.45, 7) is 0. The van der Waals surface area contributed by atoms with Crippen molar-refractivity contribution in [2.75, 3.05) is 0 Å². The van der Waals surface area contributed by atoms with Crippen molar-refractivity contribution in [1.82, 2.24) is 5.06 Å². The van der Waals surface area contributed by atoms with E-state index in [0.717, 1.165) is 15.9 Å². The molecule has 2 amide bonds. The number of ether oxygens (including phenoxy) is 1. The molecule has 1 saturated heterocycles. The zero-order valence-electron chi connectivity index (χ0n) is 19.0. The highest BCUT2D eigenvalue weighted by Gasteiger charge is 2.32. The Labute approximate surface area is 204 Å². The first-order valence-electron chi connectivity index (χ1n) is 11.3. The Kier molecular flexibility index (Phi) is 8.01. The van der Waals surface area contributed by atoms with E-state index in [2.05, 4.69) is 24.3 Å². The Morgan fingerprint density at radius 1 is 0.714 bits per heavy atom. The number of imide groups is 1. The van der Waals surface area contributed by atoms with Gasteiger partial charge >= 0.3 is 11.9 Å². The number of esters is 1. The van der Waals surface area contributed by atoms with Crippen molar-refractivity contribution in [1.29, 1.82) is 0 Å². The molecule has 1 fully saturated rings. The number of nitrogens with zero attached hydrogens (tertiary/aromatic N) is 1. The van der Waals surface area contributed by atoms with Crippen molar-refractivity contribution in [2.45, 2.75) is 32.1 Å². The molecule has 1 heterocycles. The Hall–Kier alpha value is -3.83. The molecular weight excluding hydrogens is 465 g/mol. The van der Waals surface area contributed by atoms with Crippen LogP contribution in [0.5, 0.6) is 5.75 Å². The Morgan fingerprint density at radius 3 is 1.83 bits per heavy atom. The second-order valence-electron chi connectivity index (χ2n) is 7.85. The monoisotopic (exact) mass is 489 g/mol. The van der Waals surface area contributed by atoms with E-state index in [4.69, 9.17) is 9.57 Å². The van der Waals surface area contributed by atoms with E-state index in [-0.39, 0.29) is 32.1 Å². The summed E-state index contributed by atoms with van der Waals surface area (Å²) in [5, 5.41) is 3.68. The molecule has 178 valence electrons. The predicted molar refractivity (Wildman–Crippen MR) is 132 cm³/mol. The fourth-order valence-electron chi connectivity index (χ4n) is 3.67. The third-order valence-electron chi connectivity index (χ3n) is 5.32. The lowest BCUT2D eigenvalue weighted by molar-refractivity contribution is -0.197. The highest BCUT2D eigenvalue weighted by Crippen LogP contribution is 2.36. The Bertz CT molecular complexity index is 1160. The van der Waals surface area contributed by atoms with Gasteiger partial charge in [-0.2, -0.15) is 0 Å². The average Bonchev–Trinajstić information content (AvgIpc) is 3.18. The molecule has 0 unspecified atom stereocenters. The van der Waals surface area contributed by atoms with Gasteiger partial charge in [-0.05, 0) is 31.0 Å². The van der Waals surface area contributed by atoms with Gasteiger partial charge in [-0.3, -0.25) is 14.4 Å². The number of carbonyl (C=O) groups is 4. The molecule has 8 heteroatoms. The number of rotatable bonds is 9. The summed E-state index contributed by atoms with van der Waals surface area (Å²) in [6.07, 6.45) is 0.107. The zero-order valence-corrected chi connectivity index (χ0v) is 19.9. The number of para-hydroxylation sites is 1. The van der Waals surface area contributed by atoms with Crippen LogP contribution in [0.25, 0.3) is 0 Å². The lowest BCUT2D eigenvalue weighted by Gasteiger charge is -2.21. The fraction of sp³-hybridized carbons (Fsp3) is 0.185. The molecule has 4 rings (SSSR count). The van der Waals surface area contributed by atoms with Gasteiger partial charge < -0.3 is 9.57 Å². The van der Waals surface area contributed by atoms with Crippen LogP contribution < -0.4 is 20.7 Å². The molecule has 1 aliphatic heterocycles. The molecule has 0 spiro atoms. The van der Waals surface area contributed by atoms with Gasteiger partial charge in [0.05, 0.1) is 0 Å².